The van der Waals surface area contributed by atoms with Crippen molar-refractivity contribution in [2.24, 2.45) is 0 Å². The summed E-state index contributed by atoms with van der Waals surface area (Å²) in [7, 11) is 0. The van der Waals surface area contributed by atoms with E-state index in [9.17, 15) is 27.9 Å². The van der Waals surface area contributed by atoms with E-state index in [0.29, 0.717) is 5.69 Å². The Balaban J connectivity index is 1.54. The van der Waals surface area contributed by atoms with Crippen LogP contribution in [-0.4, -0.2) is 33.2 Å². The van der Waals surface area contributed by atoms with Crippen molar-refractivity contribution < 1.29 is 27.9 Å². The largest absolute Gasteiger partial charge is 0.504 e. The first-order valence-electron chi connectivity index (χ1n) is 8.58. The van der Waals surface area contributed by atoms with Crippen molar-refractivity contribution in [3.05, 3.63) is 72.1 Å². The number of hydrazine groups is 1. The second kappa shape index (κ2) is 8.55. The van der Waals surface area contributed by atoms with Crippen molar-refractivity contribution in [3.63, 3.8) is 0 Å². The average molecular weight is 419 g/mol. The molecule has 3 rings (SSSR count). The zero-order valence-corrected chi connectivity index (χ0v) is 15.3. The molecule has 156 valence electrons. The summed E-state index contributed by atoms with van der Waals surface area (Å²) >= 11 is 0. The molecule has 0 saturated carbocycles. The highest BCUT2D eigenvalue weighted by molar-refractivity contribution is 5.96. The molecule has 1 heterocycles. The molecule has 0 aliphatic heterocycles. The van der Waals surface area contributed by atoms with E-state index < -0.39 is 35.8 Å². The van der Waals surface area contributed by atoms with Gasteiger partial charge in [-0.3, -0.25) is 20.4 Å². The molecular formula is C19H16F3N5O3. The lowest BCUT2D eigenvalue weighted by Gasteiger charge is -2.11. The van der Waals surface area contributed by atoms with Crippen molar-refractivity contribution in [1.29, 1.82) is 0 Å². The van der Waals surface area contributed by atoms with Gasteiger partial charge in [-0.25, -0.2) is 4.68 Å². The number of nitrogens with zero attached hydrogens (tertiary/aromatic N) is 2. The molecule has 8 nitrogen and oxygen atoms in total. The fourth-order valence-corrected chi connectivity index (χ4v) is 2.46. The normalized spacial score (nSPS) is 11.0. The van der Waals surface area contributed by atoms with Gasteiger partial charge in [-0.05, 0) is 30.3 Å². The molecule has 30 heavy (non-hydrogen) atoms. The van der Waals surface area contributed by atoms with Crippen LogP contribution in [-0.2, 0) is 11.0 Å². The molecule has 0 aliphatic carbocycles. The first-order chi connectivity index (χ1) is 14.2. The van der Waals surface area contributed by atoms with Crippen LogP contribution in [0.4, 0.5) is 18.9 Å². The predicted octanol–water partition coefficient (Wildman–Crippen LogP) is 2.47. The summed E-state index contributed by atoms with van der Waals surface area (Å²) in [5.74, 6) is -1.98. The fourth-order valence-electron chi connectivity index (χ4n) is 2.46. The number of carbonyl (C=O) groups excluding carboxylic acids is 2. The lowest BCUT2D eigenvalue weighted by molar-refractivity contribution is -0.137. The van der Waals surface area contributed by atoms with Crippen molar-refractivity contribution in [2.45, 2.75) is 6.18 Å². The number of aromatic nitrogens is 2. The number of carbonyl (C=O) groups is 2. The molecule has 0 saturated heterocycles. The Morgan fingerprint density at radius 2 is 1.77 bits per heavy atom. The van der Waals surface area contributed by atoms with E-state index in [2.05, 4.69) is 21.3 Å². The van der Waals surface area contributed by atoms with Crippen LogP contribution in [0.25, 0.3) is 5.69 Å². The summed E-state index contributed by atoms with van der Waals surface area (Å²) in [6, 6.07) is 13.1. The van der Waals surface area contributed by atoms with Crippen LogP contribution in [0.2, 0.25) is 0 Å². The lowest BCUT2D eigenvalue weighted by Crippen LogP contribution is -2.44. The highest BCUT2D eigenvalue weighted by Crippen LogP contribution is 2.30. The molecule has 0 unspecified atom stereocenters. The molecule has 3 aromatic rings. The van der Waals surface area contributed by atoms with Gasteiger partial charge in [-0.2, -0.15) is 18.3 Å². The second-order valence-electron chi connectivity index (χ2n) is 6.08. The Labute approximate surface area is 168 Å². The quantitative estimate of drug-likeness (QED) is 0.475. The van der Waals surface area contributed by atoms with Crippen LogP contribution in [0.3, 0.4) is 0 Å². The van der Waals surface area contributed by atoms with Crippen LogP contribution in [0.15, 0.2) is 60.8 Å². The Morgan fingerprint density at radius 1 is 1.03 bits per heavy atom. The van der Waals surface area contributed by atoms with Crippen molar-refractivity contribution in [3.8, 4) is 11.4 Å². The SMILES string of the molecule is O=C(CNc1cccc(C(F)(F)F)c1)NNC(=O)c1nn(-c2ccccc2)cc1O. The van der Waals surface area contributed by atoms with Gasteiger partial charge in [0.05, 0.1) is 24.0 Å². The third kappa shape index (κ3) is 5.07. The third-order valence-electron chi connectivity index (χ3n) is 3.89. The Morgan fingerprint density at radius 3 is 2.47 bits per heavy atom. The minimum atomic E-state index is -4.50. The van der Waals surface area contributed by atoms with Crippen molar-refractivity contribution in [2.75, 3.05) is 11.9 Å². The molecule has 0 spiro atoms. The number of amides is 2. The van der Waals surface area contributed by atoms with E-state index in [0.717, 1.165) is 12.1 Å². The van der Waals surface area contributed by atoms with Gasteiger partial charge in [0.2, 0.25) is 0 Å². The van der Waals surface area contributed by atoms with Crippen LogP contribution in [0, 0.1) is 0 Å². The highest BCUT2D eigenvalue weighted by Gasteiger charge is 2.30. The van der Waals surface area contributed by atoms with Gasteiger partial charge >= 0.3 is 6.18 Å². The molecule has 0 bridgehead atoms. The fraction of sp³-hybridized carbons (Fsp3) is 0.105. The summed E-state index contributed by atoms with van der Waals surface area (Å²) in [6.07, 6.45) is -3.26. The summed E-state index contributed by atoms with van der Waals surface area (Å²) in [5, 5.41) is 16.4. The number of para-hydroxylation sites is 1. The molecule has 1 aromatic heterocycles. The molecular weight excluding hydrogens is 403 g/mol. The number of benzene rings is 2. The first-order valence-corrected chi connectivity index (χ1v) is 8.58. The summed E-state index contributed by atoms with van der Waals surface area (Å²) in [4.78, 5) is 24.0. The van der Waals surface area contributed by atoms with E-state index in [-0.39, 0.29) is 11.4 Å². The molecule has 0 atom stereocenters. The maximum absolute atomic E-state index is 12.7. The van der Waals surface area contributed by atoms with Gasteiger partial charge in [0.25, 0.3) is 11.8 Å². The van der Waals surface area contributed by atoms with E-state index in [1.165, 1.54) is 23.0 Å². The van der Waals surface area contributed by atoms with Crippen LogP contribution >= 0.6 is 0 Å². The van der Waals surface area contributed by atoms with Gasteiger partial charge in [-0.15, -0.1) is 0 Å². The highest BCUT2D eigenvalue weighted by atomic mass is 19.4. The number of hydrogen-bond acceptors (Lipinski definition) is 5. The van der Waals surface area contributed by atoms with Gasteiger partial charge in [-0.1, -0.05) is 24.3 Å². The summed E-state index contributed by atoms with van der Waals surface area (Å²) < 4.78 is 39.4. The monoisotopic (exact) mass is 419 g/mol. The standard InChI is InChI=1S/C19H16F3N5O3/c20-19(21,22)12-5-4-6-13(9-12)23-10-16(29)24-25-18(30)17-15(28)11-27(26-17)14-7-2-1-3-8-14/h1-9,11,23,28H,10H2,(H,24,29)(H,25,30). The average Bonchev–Trinajstić information content (AvgIpc) is 3.12. The van der Waals surface area contributed by atoms with Gasteiger partial charge in [0, 0.05) is 5.69 Å². The third-order valence-corrected chi connectivity index (χ3v) is 3.89. The van der Waals surface area contributed by atoms with Crippen molar-refractivity contribution in [1.82, 2.24) is 20.6 Å². The molecule has 0 fully saturated rings. The van der Waals surface area contributed by atoms with Gasteiger partial charge < -0.3 is 10.4 Å². The number of hydrogen-bond donors (Lipinski definition) is 4. The smallest absolute Gasteiger partial charge is 0.416 e. The molecule has 0 radical (unpaired) electrons. The van der Waals surface area contributed by atoms with Gasteiger partial charge in [0.1, 0.15) is 0 Å². The number of aromatic hydroxyl groups is 1. The maximum Gasteiger partial charge on any atom is 0.416 e. The number of nitrogens with one attached hydrogen (secondary N) is 3. The summed E-state index contributed by atoms with van der Waals surface area (Å²) in [5.41, 5.74) is 3.70. The van der Waals surface area contributed by atoms with E-state index in [1.54, 1.807) is 30.3 Å². The number of halogens is 3. The molecule has 2 aromatic carbocycles. The second-order valence-corrected chi connectivity index (χ2v) is 6.08. The molecule has 2 amide bonds. The topological polar surface area (TPSA) is 108 Å². The minimum absolute atomic E-state index is 0.0885. The Bertz CT molecular complexity index is 1050. The molecule has 11 heteroatoms. The van der Waals surface area contributed by atoms with Crippen LogP contribution in [0.1, 0.15) is 16.1 Å². The lowest BCUT2D eigenvalue weighted by atomic mass is 10.2. The van der Waals surface area contributed by atoms with Crippen LogP contribution in [0.5, 0.6) is 5.75 Å². The van der Waals surface area contributed by atoms with Crippen LogP contribution < -0.4 is 16.2 Å². The number of rotatable bonds is 5. The Kier molecular flexibility index (Phi) is 5.90. The molecule has 0 aliphatic rings. The van der Waals surface area contributed by atoms with Crippen molar-refractivity contribution >= 4 is 17.5 Å². The first kappa shape index (κ1) is 20.7. The maximum atomic E-state index is 12.7. The zero-order valence-electron chi connectivity index (χ0n) is 15.3. The zero-order chi connectivity index (χ0) is 21.7. The minimum Gasteiger partial charge on any atom is -0.504 e. The predicted molar refractivity (Wildman–Crippen MR) is 101 cm³/mol. The number of anilines is 1. The number of alkyl halides is 3. The molecule has 4 N–H and O–H groups in total. The Hall–Kier alpha value is -4.02. The van der Waals surface area contributed by atoms with E-state index >= 15 is 0 Å². The van der Waals surface area contributed by atoms with E-state index in [4.69, 9.17) is 0 Å². The van der Waals surface area contributed by atoms with Gasteiger partial charge in [0.15, 0.2) is 11.4 Å². The summed E-state index contributed by atoms with van der Waals surface area (Å²) in [6.45, 7) is -0.397. The van der Waals surface area contributed by atoms with E-state index in [1.807, 2.05) is 0 Å².